The van der Waals surface area contributed by atoms with Gasteiger partial charge in [-0.2, -0.15) is 0 Å². The summed E-state index contributed by atoms with van der Waals surface area (Å²) in [6, 6.07) is 13.4. The lowest BCUT2D eigenvalue weighted by Gasteiger charge is -2.49. The highest BCUT2D eigenvalue weighted by Crippen LogP contribution is 2.46. The summed E-state index contributed by atoms with van der Waals surface area (Å²) in [5, 5.41) is 14.5. The molecular formula is C29H38N4O4. The zero-order chi connectivity index (χ0) is 27.2. The van der Waals surface area contributed by atoms with Crippen molar-refractivity contribution in [1.29, 1.82) is 0 Å². The Morgan fingerprint density at radius 1 is 1.19 bits per heavy atom. The number of nitrogens with two attached hydrogens (primary N) is 1. The molecule has 4 N–H and O–H groups in total. The highest BCUT2D eigenvalue weighted by molar-refractivity contribution is 5.99. The van der Waals surface area contributed by atoms with Gasteiger partial charge in [0.15, 0.2) is 5.96 Å². The summed E-state index contributed by atoms with van der Waals surface area (Å²) in [5.74, 6) is 0.421. The van der Waals surface area contributed by atoms with E-state index in [2.05, 4.69) is 5.32 Å². The Bertz CT molecular complexity index is 1230. The molecule has 0 saturated heterocycles. The van der Waals surface area contributed by atoms with E-state index in [1.54, 1.807) is 39.0 Å². The molecule has 0 bridgehead atoms. The largest absolute Gasteiger partial charge is 0.484 e. The van der Waals surface area contributed by atoms with Gasteiger partial charge in [-0.3, -0.25) is 14.5 Å². The number of amides is 2. The Kier molecular flexibility index (Phi) is 6.84. The maximum absolute atomic E-state index is 13.5. The van der Waals surface area contributed by atoms with Crippen LogP contribution in [-0.4, -0.2) is 44.5 Å². The molecule has 0 spiro atoms. The molecule has 3 atom stereocenters. The van der Waals surface area contributed by atoms with Crippen LogP contribution in [0.2, 0.25) is 0 Å². The normalized spacial score (nSPS) is 24.9. The van der Waals surface area contributed by atoms with Crippen LogP contribution in [0.15, 0.2) is 53.5 Å². The van der Waals surface area contributed by atoms with E-state index >= 15 is 0 Å². The molecule has 1 unspecified atom stereocenters. The Hall–Kier alpha value is -3.39. The number of fused-ring (bicyclic) bond motifs is 1. The smallest absolute Gasteiger partial charge is 0.251 e. The summed E-state index contributed by atoms with van der Waals surface area (Å²) in [5.41, 5.74) is 5.41. The zero-order valence-electron chi connectivity index (χ0n) is 22.5. The predicted molar refractivity (Wildman–Crippen MR) is 143 cm³/mol. The van der Waals surface area contributed by atoms with Crippen LogP contribution in [0.4, 0.5) is 0 Å². The maximum atomic E-state index is 13.5. The number of hydrogen-bond acceptors (Lipinski definition) is 6. The molecule has 2 aromatic carbocycles. The third-order valence-electron chi connectivity index (χ3n) is 8.33. The minimum atomic E-state index is -1.38. The lowest BCUT2D eigenvalue weighted by atomic mass is 9.75. The van der Waals surface area contributed by atoms with Crippen molar-refractivity contribution in [2.75, 3.05) is 0 Å². The number of carbonyl (C=O) groups is 2. The van der Waals surface area contributed by atoms with Gasteiger partial charge in [0.2, 0.25) is 5.91 Å². The highest BCUT2D eigenvalue weighted by Gasteiger charge is 2.53. The van der Waals surface area contributed by atoms with Crippen LogP contribution in [0.3, 0.4) is 0 Å². The zero-order valence-corrected chi connectivity index (χ0v) is 22.5. The van der Waals surface area contributed by atoms with E-state index in [-0.39, 0.29) is 17.8 Å². The van der Waals surface area contributed by atoms with Crippen LogP contribution < -0.4 is 15.8 Å². The molecule has 8 heteroatoms. The minimum Gasteiger partial charge on any atom is -0.484 e. The Balaban J connectivity index is 1.61. The summed E-state index contributed by atoms with van der Waals surface area (Å²) in [4.78, 5) is 32.8. The number of aliphatic imine (C=N–C) groups is 1. The third kappa shape index (κ3) is 4.59. The maximum Gasteiger partial charge on any atom is 0.251 e. The van der Waals surface area contributed by atoms with E-state index in [1.165, 1.54) is 4.90 Å². The van der Waals surface area contributed by atoms with Gasteiger partial charge in [0.05, 0.1) is 24.0 Å². The first-order valence-electron chi connectivity index (χ1n) is 12.9. The molecule has 2 aromatic rings. The van der Waals surface area contributed by atoms with Gasteiger partial charge in [0, 0.05) is 11.1 Å². The standard InChI is InChI=1S/C29H38N4O4/c1-7-29(8-2)17-23(34)33(26(30)32-29)18(3)19-12-11-13-20(16-19)25(35)31-24-21-14-9-10-15-22(21)37-27(4,5)28(24,6)36/h9-16,18,24,36H,7-8,17H2,1-6H3,(H2,30,32)(H,31,35)/t18?,24-,28+/m1/s1. The Morgan fingerprint density at radius 3 is 2.51 bits per heavy atom. The summed E-state index contributed by atoms with van der Waals surface area (Å²) < 4.78 is 6.06. The average molecular weight is 507 g/mol. The summed E-state index contributed by atoms with van der Waals surface area (Å²) in [6.07, 6.45) is 1.78. The second kappa shape index (κ2) is 9.49. The van der Waals surface area contributed by atoms with Gasteiger partial charge >= 0.3 is 0 Å². The third-order valence-corrected chi connectivity index (χ3v) is 8.33. The first kappa shape index (κ1) is 26.7. The number of benzene rings is 2. The quantitative estimate of drug-likeness (QED) is 0.542. The van der Waals surface area contributed by atoms with Crippen LogP contribution >= 0.6 is 0 Å². The molecular weight excluding hydrogens is 468 g/mol. The van der Waals surface area contributed by atoms with Crippen molar-refractivity contribution in [3.8, 4) is 5.75 Å². The van der Waals surface area contributed by atoms with Crippen LogP contribution in [-0.2, 0) is 4.79 Å². The molecule has 2 aliphatic heterocycles. The van der Waals surface area contributed by atoms with Gasteiger partial charge in [-0.05, 0) is 64.3 Å². The lowest BCUT2D eigenvalue weighted by molar-refractivity contribution is -0.137. The van der Waals surface area contributed by atoms with Crippen molar-refractivity contribution in [2.24, 2.45) is 10.7 Å². The van der Waals surface area contributed by atoms with Crippen molar-refractivity contribution in [1.82, 2.24) is 10.2 Å². The van der Waals surface area contributed by atoms with E-state index < -0.39 is 28.8 Å². The van der Waals surface area contributed by atoms with Crippen LogP contribution in [0, 0.1) is 0 Å². The Labute approximate surface area is 218 Å². The number of nitrogens with zero attached hydrogens (tertiary/aromatic N) is 2. The van der Waals surface area contributed by atoms with Gasteiger partial charge in [-0.15, -0.1) is 0 Å². The Morgan fingerprint density at radius 2 is 1.86 bits per heavy atom. The van der Waals surface area contributed by atoms with Gasteiger partial charge in [-0.1, -0.05) is 44.2 Å². The summed E-state index contributed by atoms with van der Waals surface area (Å²) >= 11 is 0. The molecule has 0 aromatic heterocycles. The molecule has 2 amide bonds. The molecule has 8 nitrogen and oxygen atoms in total. The summed E-state index contributed by atoms with van der Waals surface area (Å²) in [7, 11) is 0. The van der Waals surface area contributed by atoms with Crippen LogP contribution in [0.1, 0.15) is 94.4 Å². The molecule has 0 fully saturated rings. The molecule has 37 heavy (non-hydrogen) atoms. The fraction of sp³-hybridized carbons (Fsp3) is 0.483. The minimum absolute atomic E-state index is 0.0735. The van der Waals surface area contributed by atoms with E-state index in [0.717, 1.165) is 18.4 Å². The van der Waals surface area contributed by atoms with Crippen molar-refractivity contribution in [3.63, 3.8) is 0 Å². The molecule has 2 aliphatic rings. The molecule has 0 saturated carbocycles. The number of hydrogen-bond donors (Lipinski definition) is 3. The molecule has 0 aliphatic carbocycles. The first-order chi connectivity index (χ1) is 17.4. The summed E-state index contributed by atoms with van der Waals surface area (Å²) in [6.45, 7) is 11.2. The number of ether oxygens (including phenoxy) is 1. The fourth-order valence-corrected chi connectivity index (χ4v) is 5.27. The van der Waals surface area contributed by atoms with Crippen LogP contribution in [0.5, 0.6) is 5.75 Å². The topological polar surface area (TPSA) is 117 Å². The first-order valence-corrected chi connectivity index (χ1v) is 12.9. The fourth-order valence-electron chi connectivity index (χ4n) is 5.27. The molecule has 4 rings (SSSR count). The molecule has 2 heterocycles. The van der Waals surface area contributed by atoms with Gasteiger partial charge in [-0.25, -0.2) is 4.99 Å². The highest BCUT2D eigenvalue weighted by atomic mass is 16.5. The number of rotatable bonds is 6. The molecule has 198 valence electrons. The number of guanidine groups is 1. The number of nitrogens with one attached hydrogen (secondary N) is 1. The van der Waals surface area contributed by atoms with Crippen molar-refractivity contribution >= 4 is 17.8 Å². The van der Waals surface area contributed by atoms with Gasteiger partial charge in [0.1, 0.15) is 17.0 Å². The molecule has 0 radical (unpaired) electrons. The van der Waals surface area contributed by atoms with Crippen molar-refractivity contribution in [3.05, 3.63) is 65.2 Å². The van der Waals surface area contributed by atoms with E-state index in [9.17, 15) is 14.7 Å². The van der Waals surface area contributed by atoms with E-state index in [4.69, 9.17) is 15.5 Å². The van der Waals surface area contributed by atoms with Gasteiger partial charge < -0.3 is 20.9 Å². The second-order valence-electron chi connectivity index (χ2n) is 10.8. The monoisotopic (exact) mass is 506 g/mol. The second-order valence-corrected chi connectivity index (χ2v) is 10.8. The number of carbonyl (C=O) groups excluding carboxylic acids is 2. The SMILES string of the molecule is CCC1(CC)CC(=O)N(C(C)c2cccc(C(=O)N[C@@H]3c4ccccc4OC(C)(C)[C@@]3(C)O)c2)C(N)=N1. The average Bonchev–Trinajstić information content (AvgIpc) is 2.86. The number of para-hydroxylation sites is 1. The van der Waals surface area contributed by atoms with Crippen molar-refractivity contribution < 1.29 is 19.4 Å². The number of aliphatic hydroxyl groups is 1. The predicted octanol–water partition coefficient (Wildman–Crippen LogP) is 4.25. The van der Waals surface area contributed by atoms with E-state index in [1.807, 2.05) is 51.1 Å². The lowest BCUT2D eigenvalue weighted by Crippen LogP contribution is -2.62. The van der Waals surface area contributed by atoms with E-state index in [0.29, 0.717) is 23.3 Å². The van der Waals surface area contributed by atoms with Crippen molar-refractivity contribution in [2.45, 2.75) is 89.6 Å². The van der Waals surface area contributed by atoms with Gasteiger partial charge in [0.25, 0.3) is 5.91 Å². The van der Waals surface area contributed by atoms with Crippen LogP contribution in [0.25, 0.3) is 0 Å².